The number of benzene rings is 1. The van der Waals surface area contributed by atoms with Crippen LogP contribution in [0.2, 0.25) is 0 Å². The van der Waals surface area contributed by atoms with Crippen LogP contribution in [-0.2, 0) is 6.42 Å². The predicted molar refractivity (Wildman–Crippen MR) is 63.0 cm³/mol. The van der Waals surface area contributed by atoms with E-state index in [1.54, 1.807) is 12.1 Å². The maximum absolute atomic E-state index is 13.9. The molecular weight excluding hydrogens is 223 g/mol. The first-order chi connectivity index (χ1) is 8.17. The van der Waals surface area contributed by atoms with Crippen LogP contribution in [0.25, 0.3) is 10.8 Å². The molecule has 0 radical (unpaired) electrons. The van der Waals surface area contributed by atoms with Crippen molar-refractivity contribution >= 4 is 10.8 Å². The van der Waals surface area contributed by atoms with Crippen molar-refractivity contribution in [3.05, 3.63) is 40.2 Å². The van der Waals surface area contributed by atoms with Gasteiger partial charge in [-0.1, -0.05) is 13.0 Å². The van der Waals surface area contributed by atoms with Gasteiger partial charge in [-0.3, -0.25) is 0 Å². The van der Waals surface area contributed by atoms with Gasteiger partial charge in [-0.25, -0.2) is 9.18 Å². The van der Waals surface area contributed by atoms with Gasteiger partial charge in [-0.15, -0.1) is 0 Å². The van der Waals surface area contributed by atoms with Gasteiger partial charge in [0.2, 0.25) is 0 Å². The average molecular weight is 236 g/mol. The van der Waals surface area contributed by atoms with Crippen molar-refractivity contribution < 1.29 is 13.5 Å². The highest BCUT2D eigenvalue weighted by molar-refractivity contribution is 5.83. The molecule has 0 bridgehead atoms. The number of ether oxygens (including phenoxy) is 1. The molecule has 0 spiro atoms. The van der Waals surface area contributed by atoms with Gasteiger partial charge in [0.05, 0.1) is 7.11 Å². The predicted octanol–water partition coefficient (Wildman–Crippen LogP) is 2.89. The molecule has 0 fully saturated rings. The van der Waals surface area contributed by atoms with Crippen molar-refractivity contribution in [1.82, 2.24) is 0 Å². The number of fused-ring (bicyclic) bond motifs is 1. The van der Waals surface area contributed by atoms with Crippen LogP contribution in [0.15, 0.2) is 27.4 Å². The first-order valence-electron chi connectivity index (χ1n) is 5.46. The fourth-order valence-corrected chi connectivity index (χ4v) is 1.80. The van der Waals surface area contributed by atoms with Crippen molar-refractivity contribution in [2.75, 3.05) is 7.11 Å². The van der Waals surface area contributed by atoms with Gasteiger partial charge in [0.1, 0.15) is 11.1 Å². The summed E-state index contributed by atoms with van der Waals surface area (Å²) in [5, 5.41) is 0.493. The Morgan fingerprint density at radius 1 is 1.41 bits per heavy atom. The molecule has 1 aromatic carbocycles. The van der Waals surface area contributed by atoms with Gasteiger partial charge in [-0.2, -0.15) is 0 Å². The minimum absolute atomic E-state index is 0.0491. The Balaban J connectivity index is 2.72. The molecular formula is C13H13FO3. The topological polar surface area (TPSA) is 39.4 Å². The Morgan fingerprint density at radius 3 is 2.82 bits per heavy atom. The third kappa shape index (κ3) is 2.02. The van der Waals surface area contributed by atoms with E-state index in [0.717, 1.165) is 6.42 Å². The minimum atomic E-state index is -0.665. The van der Waals surface area contributed by atoms with E-state index in [9.17, 15) is 9.18 Å². The van der Waals surface area contributed by atoms with Crippen LogP contribution < -0.4 is 10.4 Å². The van der Waals surface area contributed by atoms with Crippen molar-refractivity contribution in [2.45, 2.75) is 19.8 Å². The summed E-state index contributed by atoms with van der Waals surface area (Å²) in [6.07, 6.45) is 1.53. The lowest BCUT2D eigenvalue weighted by molar-refractivity contribution is 0.387. The molecule has 0 unspecified atom stereocenters. The largest absolute Gasteiger partial charge is 0.494 e. The lowest BCUT2D eigenvalue weighted by Gasteiger charge is -2.05. The van der Waals surface area contributed by atoms with Gasteiger partial charge >= 0.3 is 5.63 Å². The molecule has 0 aliphatic heterocycles. The summed E-state index contributed by atoms with van der Waals surface area (Å²) in [5.41, 5.74) is -0.651. The summed E-state index contributed by atoms with van der Waals surface area (Å²) in [6, 6.07) is 4.86. The third-order valence-electron chi connectivity index (χ3n) is 2.60. The highest BCUT2D eigenvalue weighted by atomic mass is 19.1. The van der Waals surface area contributed by atoms with Crippen molar-refractivity contribution in [1.29, 1.82) is 0 Å². The zero-order valence-corrected chi connectivity index (χ0v) is 9.75. The normalized spacial score (nSPS) is 10.8. The number of hydrogen-bond donors (Lipinski definition) is 0. The maximum atomic E-state index is 13.9. The Kier molecular flexibility index (Phi) is 3.13. The number of hydrogen-bond acceptors (Lipinski definition) is 3. The fourth-order valence-electron chi connectivity index (χ4n) is 1.80. The molecule has 3 nitrogen and oxygen atoms in total. The van der Waals surface area contributed by atoms with E-state index >= 15 is 0 Å². The summed E-state index contributed by atoms with van der Waals surface area (Å²) in [6.45, 7) is 1.98. The number of halogens is 1. The van der Waals surface area contributed by atoms with Crippen molar-refractivity contribution in [2.24, 2.45) is 0 Å². The van der Waals surface area contributed by atoms with Crippen molar-refractivity contribution in [3.8, 4) is 5.75 Å². The average Bonchev–Trinajstić information content (AvgIpc) is 2.29. The van der Waals surface area contributed by atoms with E-state index in [-0.39, 0.29) is 11.1 Å². The maximum Gasteiger partial charge on any atom is 0.346 e. The van der Waals surface area contributed by atoms with E-state index in [1.165, 1.54) is 13.2 Å². The number of aryl methyl sites for hydroxylation is 1. The minimum Gasteiger partial charge on any atom is -0.494 e. The van der Waals surface area contributed by atoms with Crippen LogP contribution in [0, 0.1) is 5.82 Å². The molecule has 2 aromatic rings. The van der Waals surface area contributed by atoms with Crippen molar-refractivity contribution in [3.63, 3.8) is 0 Å². The fraction of sp³-hybridized carbons (Fsp3) is 0.308. The highest BCUT2D eigenvalue weighted by Gasteiger charge is 2.13. The molecule has 0 atom stereocenters. The number of rotatable bonds is 3. The third-order valence-corrected chi connectivity index (χ3v) is 2.60. The van der Waals surface area contributed by atoms with Gasteiger partial charge in [0, 0.05) is 6.42 Å². The monoisotopic (exact) mass is 236 g/mol. The number of methoxy groups -OCH3 is 1. The molecule has 17 heavy (non-hydrogen) atoms. The Morgan fingerprint density at radius 2 is 2.18 bits per heavy atom. The smallest absolute Gasteiger partial charge is 0.346 e. The second-order valence-electron chi connectivity index (χ2n) is 3.80. The SMILES string of the molecule is CCCc1cc2ccc(OC)c(F)c2c(=O)o1. The zero-order valence-electron chi connectivity index (χ0n) is 9.75. The van der Waals surface area contributed by atoms with E-state index in [0.29, 0.717) is 17.6 Å². The van der Waals surface area contributed by atoms with E-state index < -0.39 is 11.4 Å². The van der Waals surface area contributed by atoms with Crippen LogP contribution in [0.5, 0.6) is 5.75 Å². The van der Waals surface area contributed by atoms with Crippen LogP contribution >= 0.6 is 0 Å². The summed E-state index contributed by atoms with van der Waals surface area (Å²) in [4.78, 5) is 11.7. The molecule has 0 saturated heterocycles. The van der Waals surface area contributed by atoms with Crippen LogP contribution in [-0.4, -0.2) is 7.11 Å². The molecule has 1 aromatic heterocycles. The van der Waals surface area contributed by atoms with E-state index in [4.69, 9.17) is 9.15 Å². The van der Waals surface area contributed by atoms with Gasteiger partial charge in [0.15, 0.2) is 11.6 Å². The molecule has 0 amide bonds. The summed E-state index contributed by atoms with van der Waals surface area (Å²) in [5.74, 6) is -0.0376. The standard InChI is InChI=1S/C13H13FO3/c1-3-4-9-7-8-5-6-10(16-2)12(14)11(8)13(15)17-9/h5-7H,3-4H2,1-2H3. The van der Waals surface area contributed by atoms with Gasteiger partial charge < -0.3 is 9.15 Å². The molecule has 2 rings (SSSR count). The zero-order chi connectivity index (χ0) is 12.4. The molecule has 0 N–H and O–H groups in total. The summed E-state index contributed by atoms with van der Waals surface area (Å²) < 4.78 is 23.8. The Hall–Kier alpha value is -1.84. The second kappa shape index (κ2) is 4.57. The molecule has 0 aliphatic rings. The first-order valence-corrected chi connectivity index (χ1v) is 5.46. The van der Waals surface area contributed by atoms with Gasteiger partial charge in [-0.05, 0) is 23.9 Å². The molecule has 4 heteroatoms. The van der Waals surface area contributed by atoms with Crippen LogP contribution in [0.3, 0.4) is 0 Å². The molecule has 90 valence electrons. The first kappa shape index (κ1) is 11.6. The summed E-state index contributed by atoms with van der Waals surface area (Å²) in [7, 11) is 1.36. The molecule has 0 aliphatic carbocycles. The van der Waals surface area contributed by atoms with E-state index in [2.05, 4.69) is 0 Å². The highest BCUT2D eigenvalue weighted by Crippen LogP contribution is 2.24. The van der Waals surface area contributed by atoms with Crippen LogP contribution in [0.1, 0.15) is 19.1 Å². The second-order valence-corrected chi connectivity index (χ2v) is 3.80. The Labute approximate surface area is 97.8 Å². The Bertz CT molecular complexity index is 601. The van der Waals surface area contributed by atoms with Gasteiger partial charge in [0.25, 0.3) is 0 Å². The molecule has 1 heterocycles. The van der Waals surface area contributed by atoms with Crippen LogP contribution in [0.4, 0.5) is 4.39 Å². The van der Waals surface area contributed by atoms with E-state index in [1.807, 2.05) is 6.92 Å². The molecule has 0 saturated carbocycles. The lowest BCUT2D eigenvalue weighted by Crippen LogP contribution is -2.05. The summed E-state index contributed by atoms with van der Waals surface area (Å²) >= 11 is 0. The lowest BCUT2D eigenvalue weighted by atomic mass is 10.1. The quantitative estimate of drug-likeness (QED) is 0.822.